The van der Waals surface area contributed by atoms with E-state index in [1.165, 1.54) is 0 Å². The maximum absolute atomic E-state index is 12.5. The van der Waals surface area contributed by atoms with Crippen molar-refractivity contribution in [1.29, 1.82) is 0 Å². The molecule has 2 aliphatic carbocycles. The minimum atomic E-state index is -1.49. The Bertz CT molecular complexity index is 731. The summed E-state index contributed by atoms with van der Waals surface area (Å²) in [6.45, 7) is 3.90. The van der Waals surface area contributed by atoms with Crippen LogP contribution in [-0.4, -0.2) is 33.3 Å². The molecule has 4 nitrogen and oxygen atoms in total. The molecule has 0 bridgehead atoms. The number of halogens is 1. The van der Waals surface area contributed by atoms with Gasteiger partial charge in [0.2, 0.25) is 0 Å². The molecule has 0 amide bonds. The SMILES string of the molecule is Cc1ccc(O)cc1CCC1CC(=O)CC2(C)C1CC[C@]2(O)C(=O)CCl. The Morgan fingerprint density at radius 2 is 2.12 bits per heavy atom. The number of benzene rings is 1. The van der Waals surface area contributed by atoms with E-state index >= 15 is 0 Å². The molecule has 1 aromatic rings. The molecule has 0 spiro atoms. The van der Waals surface area contributed by atoms with Crippen LogP contribution in [0.1, 0.15) is 50.2 Å². The van der Waals surface area contributed by atoms with Crippen molar-refractivity contribution in [3.8, 4) is 5.75 Å². The zero-order valence-corrected chi connectivity index (χ0v) is 16.2. The average Bonchev–Trinajstić information content (AvgIpc) is 2.86. The molecule has 0 radical (unpaired) electrons. The van der Waals surface area contributed by atoms with E-state index in [4.69, 9.17) is 11.6 Å². The molecule has 3 unspecified atom stereocenters. The predicted molar refractivity (Wildman–Crippen MR) is 100 cm³/mol. The van der Waals surface area contributed by atoms with Crippen LogP contribution in [0.5, 0.6) is 5.75 Å². The Kier molecular flexibility index (Phi) is 5.19. The first-order valence-electron chi connectivity index (χ1n) is 9.33. The molecule has 2 N–H and O–H groups in total. The van der Waals surface area contributed by atoms with Crippen LogP contribution in [0, 0.1) is 24.2 Å². The second kappa shape index (κ2) is 6.97. The smallest absolute Gasteiger partial charge is 0.179 e. The Hall–Kier alpha value is -1.39. The number of aryl methyl sites for hydroxylation is 2. The molecule has 0 saturated heterocycles. The van der Waals surface area contributed by atoms with Crippen molar-refractivity contribution in [2.24, 2.45) is 17.3 Å². The molecule has 2 aliphatic rings. The van der Waals surface area contributed by atoms with E-state index in [0.29, 0.717) is 12.8 Å². The van der Waals surface area contributed by atoms with Crippen molar-refractivity contribution in [3.63, 3.8) is 0 Å². The summed E-state index contributed by atoms with van der Waals surface area (Å²) in [6.07, 6.45) is 3.46. The van der Waals surface area contributed by atoms with E-state index in [2.05, 4.69) is 0 Å². The van der Waals surface area contributed by atoms with Gasteiger partial charge in [0.25, 0.3) is 0 Å². The lowest BCUT2D eigenvalue weighted by Gasteiger charge is -2.47. The van der Waals surface area contributed by atoms with E-state index in [1.807, 2.05) is 19.9 Å². The van der Waals surface area contributed by atoms with Crippen LogP contribution in [0.25, 0.3) is 0 Å². The summed E-state index contributed by atoms with van der Waals surface area (Å²) in [5, 5.41) is 20.8. The molecule has 1 aromatic carbocycles. The normalized spacial score (nSPS) is 33.9. The second-order valence-electron chi connectivity index (χ2n) is 8.31. The fraction of sp³-hybridized carbons (Fsp3) is 0.619. The lowest BCUT2D eigenvalue weighted by atomic mass is 9.58. The summed E-state index contributed by atoms with van der Waals surface area (Å²) in [5.74, 6) is 0.0546. The lowest BCUT2D eigenvalue weighted by molar-refractivity contribution is -0.157. The maximum Gasteiger partial charge on any atom is 0.179 e. The van der Waals surface area contributed by atoms with E-state index in [9.17, 15) is 19.8 Å². The maximum atomic E-state index is 12.5. The van der Waals surface area contributed by atoms with E-state index in [-0.39, 0.29) is 41.5 Å². The van der Waals surface area contributed by atoms with Crippen molar-refractivity contribution in [2.75, 3.05) is 5.88 Å². The van der Waals surface area contributed by atoms with Crippen LogP contribution in [0.2, 0.25) is 0 Å². The van der Waals surface area contributed by atoms with Crippen LogP contribution in [0.15, 0.2) is 18.2 Å². The minimum Gasteiger partial charge on any atom is -0.508 e. The molecule has 142 valence electrons. The van der Waals surface area contributed by atoms with Crippen molar-refractivity contribution in [2.45, 2.75) is 58.0 Å². The van der Waals surface area contributed by atoms with E-state index in [1.54, 1.807) is 12.1 Å². The quantitative estimate of drug-likeness (QED) is 0.768. The van der Waals surface area contributed by atoms with Crippen LogP contribution in [0.3, 0.4) is 0 Å². The average molecular weight is 379 g/mol. The zero-order chi connectivity index (χ0) is 19.1. The molecule has 0 aromatic heterocycles. The summed E-state index contributed by atoms with van der Waals surface area (Å²) in [7, 11) is 0. The van der Waals surface area contributed by atoms with Gasteiger partial charge >= 0.3 is 0 Å². The first-order valence-corrected chi connectivity index (χ1v) is 9.86. The highest BCUT2D eigenvalue weighted by Gasteiger charge is 2.63. The first kappa shape index (κ1) is 19.4. The Balaban J connectivity index is 1.82. The molecule has 3 rings (SSSR count). The number of hydrogen-bond acceptors (Lipinski definition) is 4. The van der Waals surface area contributed by atoms with Gasteiger partial charge in [-0.05, 0) is 67.7 Å². The number of aliphatic hydroxyl groups is 1. The zero-order valence-electron chi connectivity index (χ0n) is 15.4. The minimum absolute atomic E-state index is 0.115. The fourth-order valence-corrected chi connectivity index (χ4v) is 5.59. The summed E-state index contributed by atoms with van der Waals surface area (Å²) in [5.41, 5.74) is -0.0237. The third kappa shape index (κ3) is 3.07. The molecule has 4 atom stereocenters. The second-order valence-corrected chi connectivity index (χ2v) is 8.58. The van der Waals surface area contributed by atoms with Gasteiger partial charge in [-0.3, -0.25) is 9.59 Å². The largest absolute Gasteiger partial charge is 0.508 e. The summed E-state index contributed by atoms with van der Waals surface area (Å²) in [4.78, 5) is 24.8. The number of phenolic OH excluding ortho intramolecular Hbond substituents is 1. The monoisotopic (exact) mass is 378 g/mol. The molecule has 0 aliphatic heterocycles. The van der Waals surface area contributed by atoms with Gasteiger partial charge < -0.3 is 10.2 Å². The lowest BCUT2D eigenvalue weighted by Crippen LogP contribution is -2.55. The van der Waals surface area contributed by atoms with Crippen molar-refractivity contribution in [3.05, 3.63) is 29.3 Å². The molecule has 2 fully saturated rings. The van der Waals surface area contributed by atoms with E-state index in [0.717, 1.165) is 30.4 Å². The van der Waals surface area contributed by atoms with Crippen molar-refractivity contribution in [1.82, 2.24) is 0 Å². The standard InChI is InChI=1S/C21H27ClO4/c1-13-3-6-16(23)9-14(13)4-5-15-10-17(24)11-20(2)18(15)7-8-21(20,26)19(25)12-22/h3,6,9,15,18,23,26H,4-5,7-8,10-12H2,1-2H3/t15?,18?,20?,21-/m0/s1. The van der Waals surface area contributed by atoms with Gasteiger partial charge in [0, 0.05) is 18.3 Å². The van der Waals surface area contributed by atoms with Crippen molar-refractivity contribution >= 4 is 23.2 Å². The van der Waals surface area contributed by atoms with Gasteiger partial charge in [0.05, 0.1) is 5.88 Å². The highest BCUT2D eigenvalue weighted by atomic mass is 35.5. The number of hydrogen-bond donors (Lipinski definition) is 2. The number of ketones is 2. The molecule has 5 heteroatoms. The number of aromatic hydroxyl groups is 1. The number of phenols is 1. The summed E-state index contributed by atoms with van der Waals surface area (Å²) < 4.78 is 0. The van der Waals surface area contributed by atoms with Crippen LogP contribution in [0.4, 0.5) is 0 Å². The number of carbonyl (C=O) groups is 2. The molecule has 0 heterocycles. The van der Waals surface area contributed by atoms with Gasteiger partial charge in [-0.2, -0.15) is 0 Å². The Morgan fingerprint density at radius 1 is 1.38 bits per heavy atom. The summed E-state index contributed by atoms with van der Waals surface area (Å²) in [6, 6.07) is 5.35. The Labute approximate surface area is 159 Å². The molecular formula is C21H27ClO4. The number of rotatable bonds is 5. The van der Waals surface area contributed by atoms with Crippen LogP contribution in [-0.2, 0) is 16.0 Å². The predicted octanol–water partition coefficient (Wildman–Crippen LogP) is 3.57. The van der Waals surface area contributed by atoms with Gasteiger partial charge in [0.1, 0.15) is 17.1 Å². The third-order valence-electron chi connectivity index (χ3n) is 6.90. The number of fused-ring (bicyclic) bond motifs is 1. The van der Waals surface area contributed by atoms with Gasteiger partial charge in [-0.25, -0.2) is 0 Å². The number of carbonyl (C=O) groups excluding carboxylic acids is 2. The van der Waals surface area contributed by atoms with Gasteiger partial charge in [-0.15, -0.1) is 11.6 Å². The number of alkyl halides is 1. The van der Waals surface area contributed by atoms with Crippen molar-refractivity contribution < 1.29 is 19.8 Å². The highest BCUT2D eigenvalue weighted by molar-refractivity contribution is 6.29. The highest BCUT2D eigenvalue weighted by Crippen LogP contribution is 2.59. The van der Waals surface area contributed by atoms with Crippen LogP contribution < -0.4 is 0 Å². The molecule has 2 saturated carbocycles. The van der Waals surface area contributed by atoms with E-state index < -0.39 is 11.0 Å². The first-order chi connectivity index (χ1) is 12.2. The number of Topliss-reactive ketones (excluding diaryl/α,β-unsaturated/α-hetero) is 2. The molecular weight excluding hydrogens is 352 g/mol. The molecule has 26 heavy (non-hydrogen) atoms. The Morgan fingerprint density at radius 3 is 2.81 bits per heavy atom. The fourth-order valence-electron chi connectivity index (χ4n) is 5.36. The topological polar surface area (TPSA) is 74.6 Å². The van der Waals surface area contributed by atoms with Crippen LogP contribution >= 0.6 is 11.6 Å². The third-order valence-corrected chi connectivity index (χ3v) is 7.15. The van der Waals surface area contributed by atoms with Gasteiger partial charge in [0.15, 0.2) is 5.78 Å². The summed E-state index contributed by atoms with van der Waals surface area (Å²) >= 11 is 5.74. The van der Waals surface area contributed by atoms with Gasteiger partial charge in [-0.1, -0.05) is 13.0 Å².